The largest absolute Gasteiger partial charge is 0.405 e. The van der Waals surface area contributed by atoms with Crippen LogP contribution in [0.4, 0.5) is 28.0 Å². The van der Waals surface area contributed by atoms with Crippen molar-refractivity contribution in [3.05, 3.63) is 29.6 Å². The summed E-state index contributed by atoms with van der Waals surface area (Å²) in [5.41, 5.74) is 0.471. The summed E-state index contributed by atoms with van der Waals surface area (Å²) in [5.74, 6) is -0.702. The van der Waals surface area contributed by atoms with Crippen LogP contribution >= 0.6 is 0 Å². The van der Waals surface area contributed by atoms with Gasteiger partial charge in [0, 0.05) is 0 Å². The molecule has 2 amide bonds. The van der Waals surface area contributed by atoms with Gasteiger partial charge in [0.2, 0.25) is 0 Å². The molecule has 0 aliphatic rings. The van der Waals surface area contributed by atoms with Gasteiger partial charge in [-0.05, 0) is 24.6 Å². The van der Waals surface area contributed by atoms with E-state index in [1.807, 2.05) is 5.32 Å². The van der Waals surface area contributed by atoms with Gasteiger partial charge in [-0.2, -0.15) is 13.2 Å². The molecule has 3 nitrogen and oxygen atoms in total. The number of urea groups is 1. The zero-order valence-corrected chi connectivity index (χ0v) is 8.86. The Hall–Kier alpha value is -1.79. The predicted octanol–water partition coefficient (Wildman–Crippen LogP) is 2.82. The lowest BCUT2D eigenvalue weighted by Crippen LogP contribution is -2.36. The van der Waals surface area contributed by atoms with Crippen LogP contribution in [-0.4, -0.2) is 18.8 Å². The second kappa shape index (κ2) is 5.03. The Balaban J connectivity index is 2.57. The van der Waals surface area contributed by atoms with Gasteiger partial charge in [0.1, 0.15) is 12.4 Å². The van der Waals surface area contributed by atoms with E-state index in [9.17, 15) is 22.4 Å². The molecule has 2 N–H and O–H groups in total. The number of rotatable bonds is 2. The van der Waals surface area contributed by atoms with Crippen LogP contribution in [0, 0.1) is 12.7 Å². The Bertz CT molecular complexity index is 417. The third-order valence-electron chi connectivity index (χ3n) is 1.82. The van der Waals surface area contributed by atoms with Crippen molar-refractivity contribution < 1.29 is 22.4 Å². The first-order valence-electron chi connectivity index (χ1n) is 4.66. The Morgan fingerprint density at radius 1 is 1.35 bits per heavy atom. The van der Waals surface area contributed by atoms with Crippen LogP contribution in [0.15, 0.2) is 18.2 Å². The number of carbonyl (C=O) groups excluding carboxylic acids is 1. The minimum absolute atomic E-state index is 0.171. The first kappa shape index (κ1) is 13.3. The lowest BCUT2D eigenvalue weighted by Gasteiger charge is -2.10. The zero-order valence-electron chi connectivity index (χ0n) is 8.86. The third-order valence-corrected chi connectivity index (χ3v) is 1.82. The fourth-order valence-corrected chi connectivity index (χ4v) is 1.07. The van der Waals surface area contributed by atoms with Crippen molar-refractivity contribution in [2.45, 2.75) is 13.1 Å². The van der Waals surface area contributed by atoms with E-state index in [0.717, 1.165) is 0 Å². The number of alkyl halides is 3. The lowest BCUT2D eigenvalue weighted by molar-refractivity contribution is -0.122. The van der Waals surface area contributed by atoms with E-state index in [1.165, 1.54) is 18.2 Å². The van der Waals surface area contributed by atoms with Crippen LogP contribution in [0.3, 0.4) is 0 Å². The number of amides is 2. The summed E-state index contributed by atoms with van der Waals surface area (Å²) in [4.78, 5) is 11.0. The van der Waals surface area contributed by atoms with E-state index in [4.69, 9.17) is 0 Å². The van der Waals surface area contributed by atoms with Crippen molar-refractivity contribution in [3.63, 3.8) is 0 Å². The smallest absolute Gasteiger partial charge is 0.329 e. The van der Waals surface area contributed by atoms with Crippen molar-refractivity contribution >= 4 is 11.7 Å². The van der Waals surface area contributed by atoms with Gasteiger partial charge in [-0.3, -0.25) is 0 Å². The van der Waals surface area contributed by atoms with E-state index in [2.05, 4.69) is 0 Å². The van der Waals surface area contributed by atoms with Gasteiger partial charge in [-0.15, -0.1) is 0 Å². The van der Waals surface area contributed by atoms with E-state index in [1.54, 1.807) is 12.2 Å². The summed E-state index contributed by atoms with van der Waals surface area (Å²) in [5, 5.41) is 3.56. The second-order valence-corrected chi connectivity index (χ2v) is 3.41. The molecule has 0 saturated carbocycles. The number of carbonyl (C=O) groups is 1. The van der Waals surface area contributed by atoms with Crippen LogP contribution in [0.2, 0.25) is 0 Å². The van der Waals surface area contributed by atoms with Crippen LogP contribution in [0.1, 0.15) is 5.56 Å². The molecule has 94 valence electrons. The molecular formula is C10H10F4N2O. The van der Waals surface area contributed by atoms with Crippen molar-refractivity contribution in [2.24, 2.45) is 0 Å². The predicted molar refractivity (Wildman–Crippen MR) is 54.2 cm³/mol. The van der Waals surface area contributed by atoms with E-state index in [0.29, 0.717) is 5.56 Å². The molecule has 0 fully saturated rings. The summed E-state index contributed by atoms with van der Waals surface area (Å²) in [6.07, 6.45) is -4.50. The van der Waals surface area contributed by atoms with Crippen LogP contribution < -0.4 is 10.6 Å². The summed E-state index contributed by atoms with van der Waals surface area (Å²) in [7, 11) is 0. The third kappa shape index (κ3) is 4.71. The minimum Gasteiger partial charge on any atom is -0.329 e. The fourth-order valence-electron chi connectivity index (χ4n) is 1.07. The maximum Gasteiger partial charge on any atom is 0.405 e. The molecule has 0 heterocycles. The normalized spacial score (nSPS) is 11.1. The molecule has 1 aromatic carbocycles. The molecule has 0 bridgehead atoms. The highest BCUT2D eigenvalue weighted by Gasteiger charge is 2.27. The molecule has 0 aromatic heterocycles. The first-order valence-corrected chi connectivity index (χ1v) is 4.66. The number of hydrogen-bond acceptors (Lipinski definition) is 1. The molecule has 0 saturated heterocycles. The van der Waals surface area contributed by atoms with Gasteiger partial charge >= 0.3 is 12.2 Å². The van der Waals surface area contributed by atoms with Crippen molar-refractivity contribution in [3.8, 4) is 0 Å². The van der Waals surface area contributed by atoms with Gasteiger partial charge in [-0.1, -0.05) is 6.07 Å². The SMILES string of the molecule is Cc1ccc(NC(=O)NCC(F)(F)F)c(F)c1. The van der Waals surface area contributed by atoms with Gasteiger partial charge in [0.05, 0.1) is 5.69 Å². The molecule has 7 heteroatoms. The summed E-state index contributed by atoms with van der Waals surface area (Å²) in [6.45, 7) is 0.183. The fraction of sp³-hybridized carbons (Fsp3) is 0.300. The van der Waals surface area contributed by atoms with E-state index in [-0.39, 0.29) is 5.69 Å². The lowest BCUT2D eigenvalue weighted by atomic mass is 10.2. The summed E-state index contributed by atoms with van der Waals surface area (Å²) < 4.78 is 48.5. The molecule has 0 atom stereocenters. The number of anilines is 1. The highest BCUT2D eigenvalue weighted by molar-refractivity contribution is 5.89. The quantitative estimate of drug-likeness (QED) is 0.778. The molecule has 1 aromatic rings. The first-order chi connectivity index (χ1) is 7.78. The molecular weight excluding hydrogens is 240 g/mol. The summed E-state index contributed by atoms with van der Waals surface area (Å²) in [6, 6.07) is 2.87. The van der Waals surface area contributed by atoms with Gasteiger partial charge in [0.15, 0.2) is 0 Å². The van der Waals surface area contributed by atoms with Crippen LogP contribution in [0.25, 0.3) is 0 Å². The van der Waals surface area contributed by atoms with Crippen LogP contribution in [0.5, 0.6) is 0 Å². The molecule has 0 radical (unpaired) electrons. The van der Waals surface area contributed by atoms with Crippen molar-refractivity contribution in [2.75, 3.05) is 11.9 Å². The van der Waals surface area contributed by atoms with Gasteiger partial charge in [0.25, 0.3) is 0 Å². The standard InChI is InChI=1S/C10H10F4N2O/c1-6-2-3-8(7(11)4-6)16-9(17)15-5-10(12,13)14/h2-4H,5H2,1H3,(H2,15,16,17). The van der Waals surface area contributed by atoms with E-state index >= 15 is 0 Å². The molecule has 0 aliphatic heterocycles. The average molecular weight is 250 g/mol. The average Bonchev–Trinajstić information content (AvgIpc) is 2.18. The Morgan fingerprint density at radius 3 is 2.53 bits per heavy atom. The number of halogens is 4. The minimum atomic E-state index is -4.50. The number of benzene rings is 1. The highest BCUT2D eigenvalue weighted by atomic mass is 19.4. The maximum absolute atomic E-state index is 13.2. The monoisotopic (exact) mass is 250 g/mol. The van der Waals surface area contributed by atoms with E-state index < -0.39 is 24.6 Å². The Labute approximate surface area is 94.8 Å². The molecule has 1 rings (SSSR count). The zero-order chi connectivity index (χ0) is 13.1. The number of aryl methyl sites for hydroxylation is 1. The molecule has 0 aliphatic carbocycles. The Morgan fingerprint density at radius 2 is 2.00 bits per heavy atom. The number of hydrogen-bond donors (Lipinski definition) is 2. The topological polar surface area (TPSA) is 41.1 Å². The maximum atomic E-state index is 13.2. The van der Waals surface area contributed by atoms with Crippen molar-refractivity contribution in [1.82, 2.24) is 5.32 Å². The highest BCUT2D eigenvalue weighted by Crippen LogP contribution is 2.15. The molecule has 0 unspecified atom stereocenters. The molecule has 0 spiro atoms. The second-order valence-electron chi connectivity index (χ2n) is 3.41. The van der Waals surface area contributed by atoms with Gasteiger partial charge < -0.3 is 10.6 Å². The summed E-state index contributed by atoms with van der Waals surface area (Å²) >= 11 is 0. The van der Waals surface area contributed by atoms with Crippen LogP contribution in [-0.2, 0) is 0 Å². The molecule has 17 heavy (non-hydrogen) atoms. The Kier molecular flexibility index (Phi) is 3.93. The number of nitrogens with one attached hydrogen (secondary N) is 2. The van der Waals surface area contributed by atoms with Gasteiger partial charge in [-0.25, -0.2) is 9.18 Å². The van der Waals surface area contributed by atoms with Crippen molar-refractivity contribution in [1.29, 1.82) is 0 Å².